The minimum absolute atomic E-state index is 0.0796. The van der Waals surface area contributed by atoms with Crippen molar-refractivity contribution in [2.75, 3.05) is 5.32 Å². The van der Waals surface area contributed by atoms with Gasteiger partial charge in [-0.25, -0.2) is 9.97 Å². The molecule has 1 unspecified atom stereocenters. The summed E-state index contributed by atoms with van der Waals surface area (Å²) >= 11 is 6.86. The largest absolute Gasteiger partial charge is 0.351 e. The number of halogens is 1. The lowest BCUT2D eigenvalue weighted by Crippen LogP contribution is -2.15. The van der Waals surface area contributed by atoms with Crippen molar-refractivity contribution in [2.24, 2.45) is 0 Å². The molecule has 1 saturated heterocycles. The van der Waals surface area contributed by atoms with Crippen LogP contribution in [0.1, 0.15) is 34.7 Å². The highest BCUT2D eigenvalue weighted by molar-refractivity contribution is 9.10. The fourth-order valence-corrected chi connectivity index (χ4v) is 6.89. The van der Waals surface area contributed by atoms with Gasteiger partial charge in [-0.1, -0.05) is 63.7 Å². The van der Waals surface area contributed by atoms with Gasteiger partial charge in [-0.3, -0.25) is 9.52 Å². The molecular weight excluding hydrogens is 530 g/mol. The Kier molecular flexibility index (Phi) is 5.76. The first-order chi connectivity index (χ1) is 16.6. The number of benzene rings is 3. The minimum atomic E-state index is -0.0881. The van der Waals surface area contributed by atoms with Gasteiger partial charge in [0, 0.05) is 10.9 Å². The van der Waals surface area contributed by atoms with Crippen LogP contribution in [-0.4, -0.2) is 20.9 Å². The van der Waals surface area contributed by atoms with Gasteiger partial charge < -0.3 is 10.3 Å². The summed E-state index contributed by atoms with van der Waals surface area (Å²) in [7, 11) is 0. The topological polar surface area (TPSA) is 82.7 Å². The van der Waals surface area contributed by atoms with Gasteiger partial charge in [0.25, 0.3) is 0 Å². The number of para-hydroxylation sites is 3. The first kappa shape index (κ1) is 21.6. The third-order valence-electron chi connectivity index (χ3n) is 5.87. The first-order valence-corrected chi connectivity index (χ1v) is 13.4. The van der Waals surface area contributed by atoms with Gasteiger partial charge in [-0.05, 0) is 59.8 Å². The molecule has 6 rings (SSSR count). The zero-order valence-electron chi connectivity index (χ0n) is 17.9. The van der Waals surface area contributed by atoms with Crippen molar-refractivity contribution in [3.63, 3.8) is 0 Å². The van der Waals surface area contributed by atoms with E-state index in [-0.39, 0.29) is 17.2 Å². The molecular formula is C25H20BrN5OS2. The van der Waals surface area contributed by atoms with Crippen molar-refractivity contribution in [2.45, 2.75) is 24.1 Å². The number of nitrogens with one attached hydrogen (secondary N) is 3. The zero-order valence-corrected chi connectivity index (χ0v) is 21.1. The van der Waals surface area contributed by atoms with E-state index in [1.54, 1.807) is 11.3 Å². The zero-order chi connectivity index (χ0) is 23.1. The maximum absolute atomic E-state index is 11.6. The molecule has 3 aromatic carbocycles. The van der Waals surface area contributed by atoms with Crippen molar-refractivity contribution in [3.05, 3.63) is 88.2 Å². The van der Waals surface area contributed by atoms with E-state index < -0.39 is 0 Å². The summed E-state index contributed by atoms with van der Waals surface area (Å²) < 4.78 is 5.01. The number of aromatic nitrogens is 3. The molecule has 1 aliphatic rings. The summed E-state index contributed by atoms with van der Waals surface area (Å²) in [6.45, 7) is 0. The third kappa shape index (κ3) is 4.31. The van der Waals surface area contributed by atoms with Crippen molar-refractivity contribution in [1.82, 2.24) is 19.7 Å². The Morgan fingerprint density at radius 3 is 2.65 bits per heavy atom. The van der Waals surface area contributed by atoms with Gasteiger partial charge in [0.2, 0.25) is 5.91 Å². The molecule has 9 heteroatoms. The van der Waals surface area contributed by atoms with Crippen LogP contribution in [0.3, 0.4) is 0 Å². The van der Waals surface area contributed by atoms with E-state index in [1.165, 1.54) is 11.9 Å². The van der Waals surface area contributed by atoms with Crippen LogP contribution in [0, 0.1) is 0 Å². The lowest BCUT2D eigenvalue weighted by Gasteiger charge is -2.18. The Bertz CT molecular complexity index is 1450. The van der Waals surface area contributed by atoms with Gasteiger partial charge in [0.15, 0.2) is 5.13 Å². The van der Waals surface area contributed by atoms with Crippen LogP contribution in [0.25, 0.3) is 21.3 Å². The second kappa shape index (κ2) is 9.05. The van der Waals surface area contributed by atoms with Crippen LogP contribution >= 0.6 is 39.2 Å². The Morgan fingerprint density at radius 2 is 1.88 bits per heavy atom. The smallest absolute Gasteiger partial charge is 0.231 e. The van der Waals surface area contributed by atoms with Crippen LogP contribution in [0.5, 0.6) is 0 Å². The van der Waals surface area contributed by atoms with E-state index in [0.717, 1.165) is 54.2 Å². The SMILES string of the molecule is O=C1CC(c2ccc(C[C@H](Nc3nc4ccccc4s3)c3nc4ccccc4[nH]3)cc2Br)SN1. The molecule has 0 bridgehead atoms. The predicted octanol–water partition coefficient (Wildman–Crippen LogP) is 6.54. The van der Waals surface area contributed by atoms with E-state index in [2.05, 4.69) is 55.2 Å². The number of carbonyl (C=O) groups is 1. The quantitative estimate of drug-likeness (QED) is 0.209. The number of anilines is 1. The number of amides is 1. The Hall–Kier alpha value is -2.88. The van der Waals surface area contributed by atoms with Gasteiger partial charge >= 0.3 is 0 Å². The number of rotatable bonds is 6. The molecule has 170 valence electrons. The summed E-state index contributed by atoms with van der Waals surface area (Å²) in [5.41, 5.74) is 5.24. The maximum Gasteiger partial charge on any atom is 0.231 e. The van der Waals surface area contributed by atoms with Crippen molar-refractivity contribution < 1.29 is 4.79 Å². The normalized spacial score (nSPS) is 16.7. The average molecular weight is 551 g/mol. The maximum atomic E-state index is 11.6. The molecule has 3 N–H and O–H groups in total. The van der Waals surface area contributed by atoms with Crippen molar-refractivity contribution >= 4 is 71.5 Å². The number of fused-ring (bicyclic) bond motifs is 2. The first-order valence-electron chi connectivity index (χ1n) is 10.9. The number of nitrogens with zero attached hydrogens (tertiary/aromatic N) is 2. The summed E-state index contributed by atoms with van der Waals surface area (Å²) in [4.78, 5) is 24.8. The number of imidazole rings is 1. The highest BCUT2D eigenvalue weighted by atomic mass is 79.9. The number of thiazole rings is 1. The molecule has 1 aliphatic heterocycles. The molecule has 34 heavy (non-hydrogen) atoms. The van der Waals surface area contributed by atoms with Gasteiger partial charge in [-0.15, -0.1) is 0 Å². The van der Waals surface area contributed by atoms with E-state index >= 15 is 0 Å². The second-order valence-electron chi connectivity index (χ2n) is 8.22. The second-order valence-corrected chi connectivity index (χ2v) is 11.1. The molecule has 3 heterocycles. The Balaban J connectivity index is 1.32. The van der Waals surface area contributed by atoms with Crippen LogP contribution in [0.4, 0.5) is 5.13 Å². The summed E-state index contributed by atoms with van der Waals surface area (Å²) in [6.07, 6.45) is 1.23. The molecule has 0 radical (unpaired) electrons. The standard InChI is InChI=1S/C25H20BrN5OS2/c26-16-11-14(9-10-15(16)22-13-23(32)31-34-22)12-20(24-27-17-5-1-2-6-18(17)28-24)30-25-29-19-7-3-4-8-21(19)33-25/h1-11,20,22H,12-13H2,(H,27,28)(H,29,30)(H,31,32)/t20-,22?/m0/s1. The van der Waals surface area contributed by atoms with E-state index in [1.807, 2.05) is 42.5 Å². The average Bonchev–Trinajstić information content (AvgIpc) is 3.56. The molecule has 1 fully saturated rings. The molecule has 0 spiro atoms. The van der Waals surface area contributed by atoms with E-state index in [0.29, 0.717) is 6.42 Å². The molecule has 2 aromatic heterocycles. The van der Waals surface area contributed by atoms with Crippen LogP contribution in [0.2, 0.25) is 0 Å². The number of aromatic amines is 1. The molecule has 5 aromatic rings. The van der Waals surface area contributed by atoms with Gasteiger partial charge in [0.1, 0.15) is 5.82 Å². The molecule has 6 nitrogen and oxygen atoms in total. The fourth-order valence-electron chi connectivity index (χ4n) is 4.19. The lowest BCUT2D eigenvalue weighted by atomic mass is 10.0. The molecule has 2 atom stereocenters. The Morgan fingerprint density at radius 1 is 1.06 bits per heavy atom. The lowest BCUT2D eigenvalue weighted by molar-refractivity contribution is -0.118. The third-order valence-corrected chi connectivity index (χ3v) is 8.57. The monoisotopic (exact) mass is 549 g/mol. The fraction of sp³-hybridized carbons (Fsp3) is 0.160. The molecule has 1 amide bonds. The highest BCUT2D eigenvalue weighted by Crippen LogP contribution is 2.39. The molecule has 0 aliphatic carbocycles. The van der Waals surface area contributed by atoms with Crippen LogP contribution < -0.4 is 10.0 Å². The number of hydrogen-bond donors (Lipinski definition) is 3. The van der Waals surface area contributed by atoms with Gasteiger partial charge in [0.05, 0.1) is 32.5 Å². The van der Waals surface area contributed by atoms with Crippen molar-refractivity contribution in [1.29, 1.82) is 0 Å². The predicted molar refractivity (Wildman–Crippen MR) is 143 cm³/mol. The Labute approximate surface area is 212 Å². The minimum Gasteiger partial charge on any atom is -0.351 e. The summed E-state index contributed by atoms with van der Waals surface area (Å²) in [5, 5.41) is 4.63. The van der Waals surface area contributed by atoms with Gasteiger partial charge in [-0.2, -0.15) is 0 Å². The number of hydrogen-bond acceptors (Lipinski definition) is 6. The molecule has 0 saturated carbocycles. The van der Waals surface area contributed by atoms with Crippen LogP contribution in [0.15, 0.2) is 71.2 Å². The van der Waals surface area contributed by atoms with E-state index in [9.17, 15) is 4.79 Å². The highest BCUT2D eigenvalue weighted by Gasteiger charge is 2.26. The van der Waals surface area contributed by atoms with Crippen LogP contribution in [-0.2, 0) is 11.2 Å². The van der Waals surface area contributed by atoms with E-state index in [4.69, 9.17) is 9.97 Å². The summed E-state index contributed by atoms with van der Waals surface area (Å²) in [5.74, 6) is 0.956. The number of H-pyrrole nitrogens is 1. The number of carbonyl (C=O) groups excluding carboxylic acids is 1. The van der Waals surface area contributed by atoms with Crippen molar-refractivity contribution in [3.8, 4) is 0 Å². The summed E-state index contributed by atoms with van der Waals surface area (Å²) in [6, 6.07) is 22.5.